The number of carbonyl (C=O) groups is 2. The minimum atomic E-state index is -0.0916. The van der Waals surface area contributed by atoms with Gasteiger partial charge in [0.1, 0.15) is 0 Å². The molecule has 1 aromatic rings. The van der Waals surface area contributed by atoms with Gasteiger partial charge in [-0.25, -0.2) is 4.98 Å². The van der Waals surface area contributed by atoms with Gasteiger partial charge in [0.25, 0.3) is 0 Å². The molecule has 116 valence electrons. The Morgan fingerprint density at radius 3 is 2.90 bits per heavy atom. The maximum absolute atomic E-state index is 12.0. The molecule has 0 spiro atoms. The van der Waals surface area contributed by atoms with E-state index in [0.717, 1.165) is 25.7 Å². The molecule has 1 aromatic heterocycles. The van der Waals surface area contributed by atoms with Gasteiger partial charge in [-0.05, 0) is 12.8 Å². The van der Waals surface area contributed by atoms with E-state index in [0.29, 0.717) is 24.0 Å². The van der Waals surface area contributed by atoms with Crippen LogP contribution in [0.15, 0.2) is 5.38 Å². The third-order valence-corrected chi connectivity index (χ3v) is 4.28. The summed E-state index contributed by atoms with van der Waals surface area (Å²) in [7, 11) is 1.59. The van der Waals surface area contributed by atoms with Crippen molar-refractivity contribution in [3.63, 3.8) is 0 Å². The summed E-state index contributed by atoms with van der Waals surface area (Å²) >= 11 is 1.36. The molecule has 0 aliphatic heterocycles. The molecule has 1 fully saturated rings. The number of carbonyl (C=O) groups excluding carboxylic acids is 2. The van der Waals surface area contributed by atoms with E-state index in [2.05, 4.69) is 15.6 Å². The Kier molecular flexibility index (Phi) is 6.13. The SMILES string of the molecule is COCCNC(=O)Cc1csc(NC(=O)C2CCCC2)n1. The van der Waals surface area contributed by atoms with E-state index in [1.807, 2.05) is 0 Å². The number of nitrogens with one attached hydrogen (secondary N) is 2. The first-order chi connectivity index (χ1) is 10.2. The van der Waals surface area contributed by atoms with E-state index in [4.69, 9.17) is 4.74 Å². The summed E-state index contributed by atoms with van der Waals surface area (Å²) in [6.45, 7) is 0.982. The summed E-state index contributed by atoms with van der Waals surface area (Å²) in [5.41, 5.74) is 0.677. The smallest absolute Gasteiger partial charge is 0.229 e. The second-order valence-corrected chi connectivity index (χ2v) is 5.99. The van der Waals surface area contributed by atoms with Gasteiger partial charge < -0.3 is 15.4 Å². The molecule has 6 nitrogen and oxygen atoms in total. The summed E-state index contributed by atoms with van der Waals surface area (Å²) in [5.74, 6) is 0.0821. The first kappa shape index (κ1) is 15.9. The highest BCUT2D eigenvalue weighted by Crippen LogP contribution is 2.26. The number of amides is 2. The van der Waals surface area contributed by atoms with E-state index >= 15 is 0 Å². The highest BCUT2D eigenvalue weighted by Gasteiger charge is 2.23. The van der Waals surface area contributed by atoms with Crippen molar-refractivity contribution in [1.29, 1.82) is 0 Å². The molecular formula is C14H21N3O3S. The van der Waals surface area contributed by atoms with Crippen molar-refractivity contribution in [2.45, 2.75) is 32.1 Å². The quantitative estimate of drug-likeness (QED) is 0.749. The zero-order valence-corrected chi connectivity index (χ0v) is 13.0. The van der Waals surface area contributed by atoms with Crippen LogP contribution in [0.5, 0.6) is 0 Å². The number of hydrogen-bond donors (Lipinski definition) is 2. The molecule has 0 bridgehead atoms. The molecule has 21 heavy (non-hydrogen) atoms. The summed E-state index contributed by atoms with van der Waals surface area (Å²) < 4.78 is 4.86. The Morgan fingerprint density at radius 1 is 1.43 bits per heavy atom. The monoisotopic (exact) mass is 311 g/mol. The topological polar surface area (TPSA) is 80.3 Å². The molecule has 2 rings (SSSR count). The highest BCUT2D eigenvalue weighted by molar-refractivity contribution is 7.13. The van der Waals surface area contributed by atoms with Gasteiger partial charge in [-0.15, -0.1) is 11.3 Å². The Hall–Kier alpha value is -1.47. The molecule has 0 saturated heterocycles. The molecule has 0 radical (unpaired) electrons. The van der Waals surface area contributed by atoms with Crippen LogP contribution >= 0.6 is 11.3 Å². The molecule has 1 heterocycles. The molecule has 7 heteroatoms. The number of nitrogens with zero attached hydrogens (tertiary/aromatic N) is 1. The lowest BCUT2D eigenvalue weighted by Gasteiger charge is -2.07. The van der Waals surface area contributed by atoms with Crippen LogP contribution < -0.4 is 10.6 Å². The average molecular weight is 311 g/mol. The fraction of sp³-hybridized carbons (Fsp3) is 0.643. The van der Waals surface area contributed by atoms with Gasteiger partial charge in [0, 0.05) is 25.0 Å². The molecule has 0 unspecified atom stereocenters. The fourth-order valence-corrected chi connectivity index (χ4v) is 3.07. The second-order valence-electron chi connectivity index (χ2n) is 5.13. The highest BCUT2D eigenvalue weighted by atomic mass is 32.1. The molecule has 1 aliphatic carbocycles. The Bertz CT molecular complexity index is 484. The molecule has 1 saturated carbocycles. The van der Waals surface area contributed by atoms with Crippen LogP contribution in [-0.2, 0) is 20.7 Å². The van der Waals surface area contributed by atoms with Crippen molar-refractivity contribution in [3.05, 3.63) is 11.1 Å². The van der Waals surface area contributed by atoms with Crippen molar-refractivity contribution in [1.82, 2.24) is 10.3 Å². The number of methoxy groups -OCH3 is 1. The molecule has 0 atom stereocenters. The number of anilines is 1. The third kappa shape index (κ3) is 5.09. The van der Waals surface area contributed by atoms with Gasteiger partial charge in [0.05, 0.1) is 18.7 Å². The second kappa shape index (κ2) is 8.09. The van der Waals surface area contributed by atoms with Crippen LogP contribution in [0.3, 0.4) is 0 Å². The summed E-state index contributed by atoms with van der Waals surface area (Å²) in [6.07, 6.45) is 4.41. The number of rotatable bonds is 7. The van der Waals surface area contributed by atoms with Gasteiger partial charge >= 0.3 is 0 Å². The van der Waals surface area contributed by atoms with E-state index in [9.17, 15) is 9.59 Å². The average Bonchev–Trinajstić information content (AvgIpc) is 3.10. The first-order valence-electron chi connectivity index (χ1n) is 7.20. The summed E-state index contributed by atoms with van der Waals surface area (Å²) in [5, 5.41) is 7.97. The van der Waals surface area contributed by atoms with Crippen molar-refractivity contribution in [2.24, 2.45) is 5.92 Å². The lowest BCUT2D eigenvalue weighted by molar-refractivity contribution is -0.121. The lowest BCUT2D eigenvalue weighted by atomic mass is 10.1. The lowest BCUT2D eigenvalue weighted by Crippen LogP contribution is -2.28. The van der Waals surface area contributed by atoms with Crippen molar-refractivity contribution in [2.75, 3.05) is 25.6 Å². The van der Waals surface area contributed by atoms with Crippen molar-refractivity contribution >= 4 is 28.3 Å². The zero-order valence-electron chi connectivity index (χ0n) is 12.2. The maximum Gasteiger partial charge on any atom is 0.229 e. The van der Waals surface area contributed by atoms with E-state index in [1.165, 1.54) is 11.3 Å². The van der Waals surface area contributed by atoms with E-state index < -0.39 is 0 Å². The predicted octanol–water partition coefficient (Wildman–Crippen LogP) is 1.58. The van der Waals surface area contributed by atoms with Crippen molar-refractivity contribution in [3.8, 4) is 0 Å². The van der Waals surface area contributed by atoms with Gasteiger partial charge in [-0.3, -0.25) is 9.59 Å². The standard InChI is InChI=1S/C14H21N3O3S/c1-20-7-6-15-12(18)8-11-9-21-14(16-11)17-13(19)10-4-2-3-5-10/h9-10H,2-8H2,1H3,(H,15,18)(H,16,17,19). The predicted molar refractivity (Wildman–Crippen MR) is 81.3 cm³/mol. The van der Waals surface area contributed by atoms with E-state index in [1.54, 1.807) is 12.5 Å². The third-order valence-electron chi connectivity index (χ3n) is 3.48. The number of hydrogen-bond acceptors (Lipinski definition) is 5. The van der Waals surface area contributed by atoms with Gasteiger partial charge in [0.15, 0.2) is 5.13 Å². The van der Waals surface area contributed by atoms with Gasteiger partial charge in [-0.1, -0.05) is 12.8 Å². The number of aromatic nitrogens is 1. The Morgan fingerprint density at radius 2 is 2.19 bits per heavy atom. The Balaban J connectivity index is 1.78. The minimum absolute atomic E-state index is 0.0537. The van der Waals surface area contributed by atoms with Crippen molar-refractivity contribution < 1.29 is 14.3 Å². The first-order valence-corrected chi connectivity index (χ1v) is 8.08. The minimum Gasteiger partial charge on any atom is -0.383 e. The molecule has 2 N–H and O–H groups in total. The normalized spacial score (nSPS) is 15.1. The summed E-state index contributed by atoms with van der Waals surface area (Å²) in [4.78, 5) is 27.9. The van der Waals surface area contributed by atoms with E-state index in [-0.39, 0.29) is 24.2 Å². The molecule has 1 aliphatic rings. The van der Waals surface area contributed by atoms with Crippen LogP contribution in [-0.4, -0.2) is 37.1 Å². The number of thiazole rings is 1. The van der Waals surface area contributed by atoms with Gasteiger partial charge in [0.2, 0.25) is 11.8 Å². The van der Waals surface area contributed by atoms with Gasteiger partial charge in [-0.2, -0.15) is 0 Å². The Labute approximate surface area is 128 Å². The van der Waals surface area contributed by atoms with Crippen LogP contribution in [0.2, 0.25) is 0 Å². The van der Waals surface area contributed by atoms with Crippen LogP contribution in [0.1, 0.15) is 31.4 Å². The molecular weight excluding hydrogens is 290 g/mol. The summed E-state index contributed by atoms with van der Waals surface area (Å²) in [6, 6.07) is 0. The van der Waals surface area contributed by atoms with Crippen LogP contribution in [0.4, 0.5) is 5.13 Å². The number of ether oxygens (including phenoxy) is 1. The largest absolute Gasteiger partial charge is 0.383 e. The van der Waals surface area contributed by atoms with Crippen LogP contribution in [0.25, 0.3) is 0 Å². The molecule has 2 amide bonds. The zero-order chi connectivity index (χ0) is 15.1. The van der Waals surface area contributed by atoms with Crippen LogP contribution in [0, 0.1) is 5.92 Å². The molecule has 0 aromatic carbocycles. The maximum atomic E-state index is 12.0. The fourth-order valence-electron chi connectivity index (χ4n) is 2.36.